The molecular weight excluding hydrogens is 645 g/mol. The quantitative estimate of drug-likeness (QED) is 0.214. The Hall–Kier alpha value is -3.36. The van der Waals surface area contributed by atoms with Crippen LogP contribution in [0, 0.1) is 17.8 Å². The van der Waals surface area contributed by atoms with E-state index in [2.05, 4.69) is 0 Å². The molecule has 16 heteroatoms. The van der Waals surface area contributed by atoms with Gasteiger partial charge in [-0.3, -0.25) is 24.1 Å². The van der Waals surface area contributed by atoms with Gasteiger partial charge < -0.3 is 9.52 Å². The molecule has 44 heavy (non-hydrogen) atoms. The summed E-state index contributed by atoms with van der Waals surface area (Å²) in [5.74, 6) is -8.78. The molecule has 2 saturated heterocycles. The van der Waals surface area contributed by atoms with Gasteiger partial charge >= 0.3 is 12.4 Å². The lowest BCUT2D eigenvalue weighted by Crippen LogP contribution is -2.60. The predicted octanol–water partition coefficient (Wildman–Crippen LogP) is 5.00. The zero-order chi connectivity index (χ0) is 32.3. The normalized spacial score (nSPS) is 32.2. The Morgan fingerprint density at radius 2 is 1.55 bits per heavy atom. The van der Waals surface area contributed by atoms with Crippen LogP contribution in [0.2, 0.25) is 0 Å². The van der Waals surface area contributed by atoms with E-state index in [-0.39, 0.29) is 29.6 Å². The molecule has 1 aromatic heterocycles. The van der Waals surface area contributed by atoms with Gasteiger partial charge in [0.2, 0.25) is 11.8 Å². The topological polar surface area (TPSA) is 108 Å². The molecule has 0 bridgehead atoms. The van der Waals surface area contributed by atoms with E-state index in [1.807, 2.05) is 0 Å². The van der Waals surface area contributed by atoms with Crippen LogP contribution in [0.3, 0.4) is 0 Å². The Bertz CT molecular complexity index is 1640. The van der Waals surface area contributed by atoms with Gasteiger partial charge in [0.1, 0.15) is 18.1 Å². The van der Waals surface area contributed by atoms with Crippen LogP contribution < -0.4 is 4.90 Å². The molecule has 4 amide bonds. The first-order chi connectivity index (χ1) is 20.4. The monoisotopic (exact) mass is 664 g/mol. The third kappa shape index (κ3) is 4.02. The van der Waals surface area contributed by atoms with Gasteiger partial charge in [-0.2, -0.15) is 26.3 Å². The maximum Gasteiger partial charge on any atom is 0.416 e. The van der Waals surface area contributed by atoms with Crippen molar-refractivity contribution in [3.8, 4) is 0 Å². The number of anilines is 1. The number of amides is 4. The van der Waals surface area contributed by atoms with Crippen LogP contribution >= 0.6 is 23.2 Å². The fourth-order valence-corrected chi connectivity index (χ4v) is 8.01. The molecule has 1 N–H and O–H groups in total. The van der Waals surface area contributed by atoms with E-state index in [0.29, 0.717) is 17.0 Å². The summed E-state index contributed by atoms with van der Waals surface area (Å²) < 4.78 is 87.2. The Kier molecular flexibility index (Phi) is 6.67. The van der Waals surface area contributed by atoms with Gasteiger partial charge in [-0.15, -0.1) is 23.2 Å². The number of hydrogen-bond acceptors (Lipinski definition) is 6. The highest BCUT2D eigenvalue weighted by atomic mass is 35.5. The fraction of sp³-hybridized carbons (Fsp3) is 0.429. The van der Waals surface area contributed by atoms with Gasteiger partial charge in [0.25, 0.3) is 11.8 Å². The Labute approximate surface area is 254 Å². The van der Waals surface area contributed by atoms with Gasteiger partial charge in [0, 0.05) is 7.05 Å². The molecule has 2 aromatic rings. The van der Waals surface area contributed by atoms with Crippen LogP contribution in [0.15, 0.2) is 46.4 Å². The van der Waals surface area contributed by atoms with E-state index >= 15 is 0 Å². The van der Waals surface area contributed by atoms with Gasteiger partial charge in [0.15, 0.2) is 9.75 Å². The summed E-state index contributed by atoms with van der Waals surface area (Å²) in [7, 11) is 1.16. The van der Waals surface area contributed by atoms with Crippen molar-refractivity contribution in [2.75, 3.05) is 11.9 Å². The number of halogens is 8. The highest BCUT2D eigenvalue weighted by Gasteiger charge is 2.76. The standard InChI is InChI=1S/C28H20Cl2F6N2O6/c1-37-23(42)25(29)9-17-15(20(26(25,30)24(37)43)18-5-2-14(10-39)44-18)3-4-16-19(17)22(41)38(21(16)40)13-7-11(27(31,32)33)6-12(8-13)28(34,35)36/h2-3,5-8,16-17,19-20,39H,4,9-10H2,1H3/t16-,17+,19-,20+,25+,26-/m0/s1. The van der Waals surface area contributed by atoms with Crippen molar-refractivity contribution in [2.45, 2.75) is 47.5 Å². The highest BCUT2D eigenvalue weighted by Crippen LogP contribution is 2.65. The van der Waals surface area contributed by atoms with Crippen LogP contribution in [-0.2, 0) is 38.1 Å². The summed E-state index contributed by atoms with van der Waals surface area (Å²) in [6, 6.07) is 3.26. The number of nitrogens with zero attached hydrogens (tertiary/aromatic N) is 2. The zero-order valence-corrected chi connectivity index (χ0v) is 23.8. The number of allylic oxidation sites excluding steroid dienone is 2. The number of fused-ring (bicyclic) bond motifs is 4. The molecule has 0 spiro atoms. The summed E-state index contributed by atoms with van der Waals surface area (Å²) >= 11 is 13.9. The van der Waals surface area contributed by atoms with Crippen molar-refractivity contribution in [1.29, 1.82) is 0 Å². The number of hydrogen-bond donors (Lipinski definition) is 1. The molecule has 8 nitrogen and oxygen atoms in total. The molecule has 3 fully saturated rings. The first kappa shape index (κ1) is 30.7. The molecule has 0 radical (unpaired) electrons. The zero-order valence-electron chi connectivity index (χ0n) is 22.3. The smallest absolute Gasteiger partial charge is 0.416 e. The van der Waals surface area contributed by atoms with E-state index < -0.39 is 99.2 Å². The number of furan rings is 1. The second kappa shape index (κ2) is 9.57. The van der Waals surface area contributed by atoms with Crippen molar-refractivity contribution in [1.82, 2.24) is 4.90 Å². The van der Waals surface area contributed by atoms with Crippen molar-refractivity contribution in [3.05, 3.63) is 64.6 Å². The number of rotatable bonds is 3. The first-order valence-electron chi connectivity index (χ1n) is 13.1. The average molecular weight is 665 g/mol. The summed E-state index contributed by atoms with van der Waals surface area (Å²) in [6.07, 6.45) is -9.59. The molecule has 6 atom stereocenters. The molecule has 1 aromatic carbocycles. The lowest BCUT2D eigenvalue weighted by Gasteiger charge is -2.49. The number of imide groups is 2. The third-order valence-corrected chi connectivity index (χ3v) is 10.4. The van der Waals surface area contributed by atoms with Crippen molar-refractivity contribution in [3.63, 3.8) is 0 Å². The average Bonchev–Trinajstić information content (AvgIpc) is 3.56. The molecular formula is C28H20Cl2F6N2O6. The van der Waals surface area contributed by atoms with Gasteiger partial charge in [0.05, 0.1) is 34.6 Å². The van der Waals surface area contributed by atoms with Crippen LogP contribution in [0.1, 0.15) is 41.4 Å². The number of carbonyl (C=O) groups is 4. The molecule has 6 rings (SSSR count). The van der Waals surface area contributed by atoms with Crippen molar-refractivity contribution in [2.24, 2.45) is 17.8 Å². The fourth-order valence-electron chi connectivity index (χ4n) is 7.01. The molecule has 0 unspecified atom stereocenters. The largest absolute Gasteiger partial charge is 0.463 e. The summed E-state index contributed by atoms with van der Waals surface area (Å²) in [4.78, 5) is 51.0. The number of alkyl halides is 8. The van der Waals surface area contributed by atoms with Crippen molar-refractivity contribution < 1.29 is 55.0 Å². The lowest BCUT2D eigenvalue weighted by molar-refractivity contribution is -0.143. The van der Waals surface area contributed by atoms with E-state index in [4.69, 9.17) is 27.6 Å². The second-order valence-electron chi connectivity index (χ2n) is 11.2. The minimum atomic E-state index is -5.23. The minimum Gasteiger partial charge on any atom is -0.463 e. The van der Waals surface area contributed by atoms with Gasteiger partial charge in [-0.05, 0) is 49.1 Å². The third-order valence-electron chi connectivity index (χ3n) is 8.97. The maximum absolute atomic E-state index is 13.9. The second-order valence-corrected chi connectivity index (χ2v) is 12.5. The van der Waals surface area contributed by atoms with E-state index in [0.717, 1.165) is 11.9 Å². The molecule has 3 heterocycles. The predicted molar refractivity (Wildman–Crippen MR) is 139 cm³/mol. The van der Waals surface area contributed by atoms with Crippen LogP contribution in [0.4, 0.5) is 32.0 Å². The highest BCUT2D eigenvalue weighted by molar-refractivity contribution is 6.53. The van der Waals surface area contributed by atoms with Gasteiger partial charge in [-0.1, -0.05) is 11.6 Å². The van der Waals surface area contributed by atoms with E-state index in [9.17, 15) is 50.6 Å². The molecule has 2 aliphatic carbocycles. The Morgan fingerprint density at radius 1 is 0.932 bits per heavy atom. The van der Waals surface area contributed by atoms with E-state index in [1.165, 1.54) is 18.2 Å². The first-order valence-corrected chi connectivity index (χ1v) is 13.9. The SMILES string of the molecule is CN1C(=O)[C@]2(Cl)C[C@@H]3C(=CC[C@@H]4C(=O)N(c5cc(C(F)(F)F)cc(C(F)(F)F)c5)C(=O)[C@@H]43)[C@H](c3ccc(CO)o3)[C@]2(Cl)C1=O. The molecule has 234 valence electrons. The van der Waals surface area contributed by atoms with Crippen LogP contribution in [0.25, 0.3) is 0 Å². The summed E-state index contributed by atoms with van der Waals surface area (Å²) in [5, 5.41) is 9.56. The number of aliphatic hydroxyl groups is 1. The molecule has 4 aliphatic rings. The summed E-state index contributed by atoms with van der Waals surface area (Å²) in [5.41, 5.74) is -4.05. The van der Waals surface area contributed by atoms with E-state index in [1.54, 1.807) is 0 Å². The van der Waals surface area contributed by atoms with Crippen molar-refractivity contribution >= 4 is 52.5 Å². The summed E-state index contributed by atoms with van der Waals surface area (Å²) in [6.45, 7) is -0.535. The van der Waals surface area contributed by atoms with Crippen LogP contribution in [0.5, 0.6) is 0 Å². The number of benzene rings is 1. The molecule has 2 aliphatic heterocycles. The Morgan fingerprint density at radius 3 is 2.09 bits per heavy atom. The number of aliphatic hydroxyl groups excluding tert-OH is 1. The minimum absolute atomic E-state index is 0.0150. The lowest BCUT2D eigenvalue weighted by atomic mass is 9.57. The number of carbonyl (C=O) groups excluding carboxylic acids is 4. The maximum atomic E-state index is 13.9. The van der Waals surface area contributed by atoms with Crippen LogP contribution in [-0.4, -0.2) is 50.4 Å². The Balaban J connectivity index is 1.49. The molecule has 1 saturated carbocycles. The number of likely N-dealkylation sites (tertiary alicyclic amines) is 1. The van der Waals surface area contributed by atoms with Gasteiger partial charge in [-0.25, -0.2) is 4.90 Å².